The zero-order valence-electron chi connectivity index (χ0n) is 10.9. The number of nitrogens with zero attached hydrogens (tertiary/aromatic N) is 1. The molecule has 0 amide bonds. The van der Waals surface area contributed by atoms with Crippen LogP contribution in [-0.4, -0.2) is 38.9 Å². The molecule has 3 rings (SSSR count). The SMILES string of the molecule is O=S(=O)(c1ccc(F)c(F)c1)N1CCC2(CCNC2)C1. The minimum absolute atomic E-state index is 0.00560. The zero-order chi connectivity index (χ0) is 14.4. The van der Waals surface area contributed by atoms with Gasteiger partial charge in [-0.15, -0.1) is 0 Å². The van der Waals surface area contributed by atoms with Crippen LogP contribution in [-0.2, 0) is 10.0 Å². The number of halogens is 2. The lowest BCUT2D eigenvalue weighted by Crippen LogP contribution is -2.33. The lowest BCUT2D eigenvalue weighted by molar-refractivity contribution is 0.338. The molecule has 1 aromatic rings. The molecule has 0 aliphatic carbocycles. The van der Waals surface area contributed by atoms with Crippen LogP contribution in [0.15, 0.2) is 23.1 Å². The maximum absolute atomic E-state index is 13.2. The van der Waals surface area contributed by atoms with Crippen LogP contribution >= 0.6 is 0 Å². The highest BCUT2D eigenvalue weighted by Crippen LogP contribution is 2.38. The van der Waals surface area contributed by atoms with Crippen LogP contribution < -0.4 is 5.32 Å². The molecule has 1 spiro atoms. The summed E-state index contributed by atoms with van der Waals surface area (Å²) >= 11 is 0. The van der Waals surface area contributed by atoms with Gasteiger partial charge < -0.3 is 5.32 Å². The Hall–Kier alpha value is -1.05. The second kappa shape index (κ2) is 4.75. The summed E-state index contributed by atoms with van der Waals surface area (Å²) in [5.74, 6) is -2.18. The van der Waals surface area contributed by atoms with Crippen LogP contribution in [0, 0.1) is 17.0 Å². The quantitative estimate of drug-likeness (QED) is 0.897. The number of nitrogens with one attached hydrogen (secondary N) is 1. The Balaban J connectivity index is 1.87. The Morgan fingerprint density at radius 1 is 1.20 bits per heavy atom. The molecule has 0 radical (unpaired) electrons. The van der Waals surface area contributed by atoms with E-state index in [1.165, 1.54) is 4.31 Å². The Bertz CT molecular complexity index is 627. The number of sulfonamides is 1. The summed E-state index contributed by atoms with van der Waals surface area (Å²) in [6.45, 7) is 2.60. The fourth-order valence-electron chi connectivity index (χ4n) is 3.03. The predicted molar refractivity (Wildman–Crippen MR) is 69.7 cm³/mol. The van der Waals surface area contributed by atoms with Crippen LogP contribution in [0.2, 0.25) is 0 Å². The summed E-state index contributed by atoms with van der Waals surface area (Å²) in [4.78, 5) is -0.181. The van der Waals surface area contributed by atoms with Gasteiger partial charge in [0.2, 0.25) is 10.0 Å². The summed E-state index contributed by atoms with van der Waals surface area (Å²) < 4.78 is 52.4. The van der Waals surface area contributed by atoms with Crippen molar-refractivity contribution in [1.29, 1.82) is 0 Å². The van der Waals surface area contributed by atoms with E-state index in [1.807, 2.05) is 0 Å². The van der Waals surface area contributed by atoms with E-state index in [2.05, 4.69) is 5.32 Å². The fraction of sp³-hybridized carbons (Fsp3) is 0.538. The van der Waals surface area contributed by atoms with E-state index in [4.69, 9.17) is 0 Å². The van der Waals surface area contributed by atoms with Crippen molar-refractivity contribution in [3.63, 3.8) is 0 Å². The summed E-state index contributed by atoms with van der Waals surface area (Å²) in [6, 6.07) is 2.72. The van der Waals surface area contributed by atoms with Crippen molar-refractivity contribution < 1.29 is 17.2 Å². The van der Waals surface area contributed by atoms with Crippen LogP contribution in [0.4, 0.5) is 8.78 Å². The first kappa shape index (κ1) is 13.9. The van der Waals surface area contributed by atoms with Crippen molar-refractivity contribution in [2.24, 2.45) is 5.41 Å². The van der Waals surface area contributed by atoms with Crippen LogP contribution in [0.25, 0.3) is 0 Å². The second-order valence-corrected chi connectivity index (χ2v) is 7.53. The van der Waals surface area contributed by atoms with Crippen molar-refractivity contribution in [3.05, 3.63) is 29.8 Å². The average Bonchev–Trinajstić information content (AvgIpc) is 3.04. The van der Waals surface area contributed by atoms with E-state index in [0.29, 0.717) is 13.1 Å². The standard InChI is InChI=1S/C13H16F2N2O2S/c14-11-2-1-10(7-12(11)15)20(18,19)17-6-4-13(9-17)3-5-16-8-13/h1-2,7,16H,3-6,8-9H2. The van der Waals surface area contributed by atoms with Crippen LogP contribution in [0.1, 0.15) is 12.8 Å². The summed E-state index contributed by atoms with van der Waals surface area (Å²) in [5, 5.41) is 3.25. The number of benzene rings is 1. The molecule has 2 aliphatic heterocycles. The Kier molecular flexibility index (Phi) is 3.30. The molecular weight excluding hydrogens is 286 g/mol. The third-order valence-corrected chi connectivity index (χ3v) is 6.11. The van der Waals surface area contributed by atoms with Gasteiger partial charge in [0.1, 0.15) is 0 Å². The van der Waals surface area contributed by atoms with Gasteiger partial charge in [-0.3, -0.25) is 0 Å². The molecule has 1 aromatic carbocycles. The van der Waals surface area contributed by atoms with Crippen molar-refractivity contribution in [2.45, 2.75) is 17.7 Å². The van der Waals surface area contributed by atoms with Gasteiger partial charge in [0.15, 0.2) is 11.6 Å². The molecule has 2 saturated heterocycles. The molecule has 4 nitrogen and oxygen atoms in total. The predicted octanol–water partition coefficient (Wildman–Crippen LogP) is 1.34. The second-order valence-electron chi connectivity index (χ2n) is 5.59. The lowest BCUT2D eigenvalue weighted by Gasteiger charge is -2.22. The Labute approximate surface area is 116 Å². The Morgan fingerprint density at radius 3 is 2.65 bits per heavy atom. The van der Waals surface area contributed by atoms with Gasteiger partial charge in [-0.1, -0.05) is 0 Å². The molecular formula is C13H16F2N2O2S. The van der Waals surface area contributed by atoms with Crippen molar-refractivity contribution in [2.75, 3.05) is 26.2 Å². The van der Waals surface area contributed by atoms with Crippen LogP contribution in [0.3, 0.4) is 0 Å². The van der Waals surface area contributed by atoms with Gasteiger partial charge in [0, 0.05) is 19.6 Å². The van der Waals surface area contributed by atoms with Gasteiger partial charge in [-0.05, 0) is 43.0 Å². The maximum Gasteiger partial charge on any atom is 0.243 e. The van der Waals surface area contributed by atoms with Gasteiger partial charge in [-0.2, -0.15) is 4.31 Å². The van der Waals surface area contributed by atoms with Gasteiger partial charge in [0.25, 0.3) is 0 Å². The van der Waals surface area contributed by atoms with E-state index in [-0.39, 0.29) is 10.3 Å². The van der Waals surface area contributed by atoms with Crippen molar-refractivity contribution in [3.8, 4) is 0 Å². The van der Waals surface area contributed by atoms with E-state index in [0.717, 1.165) is 44.1 Å². The molecule has 2 fully saturated rings. The van der Waals surface area contributed by atoms with Gasteiger partial charge in [-0.25, -0.2) is 17.2 Å². The Morgan fingerprint density at radius 2 is 2.00 bits per heavy atom. The minimum atomic E-state index is -3.74. The molecule has 0 bridgehead atoms. The third-order valence-electron chi connectivity index (χ3n) is 4.26. The summed E-state index contributed by atoms with van der Waals surface area (Å²) in [5.41, 5.74) is 0.00560. The lowest BCUT2D eigenvalue weighted by atomic mass is 9.87. The first-order valence-electron chi connectivity index (χ1n) is 6.59. The van der Waals surface area contributed by atoms with Gasteiger partial charge >= 0.3 is 0 Å². The van der Waals surface area contributed by atoms with E-state index >= 15 is 0 Å². The molecule has 7 heteroatoms. The highest BCUT2D eigenvalue weighted by Gasteiger charge is 2.44. The molecule has 110 valence electrons. The highest BCUT2D eigenvalue weighted by molar-refractivity contribution is 7.89. The molecule has 1 unspecified atom stereocenters. The van der Waals surface area contributed by atoms with E-state index in [1.54, 1.807) is 0 Å². The molecule has 1 atom stereocenters. The number of hydrogen-bond donors (Lipinski definition) is 1. The summed E-state index contributed by atoms with van der Waals surface area (Å²) in [7, 11) is -3.74. The van der Waals surface area contributed by atoms with Crippen LogP contribution in [0.5, 0.6) is 0 Å². The zero-order valence-corrected chi connectivity index (χ0v) is 11.7. The molecule has 2 heterocycles. The normalized spacial score (nSPS) is 27.5. The monoisotopic (exact) mass is 302 g/mol. The smallest absolute Gasteiger partial charge is 0.243 e. The molecule has 0 aromatic heterocycles. The number of hydrogen-bond acceptors (Lipinski definition) is 3. The first-order chi connectivity index (χ1) is 9.43. The van der Waals surface area contributed by atoms with Gasteiger partial charge in [0.05, 0.1) is 4.90 Å². The largest absolute Gasteiger partial charge is 0.316 e. The molecule has 1 N–H and O–H groups in total. The number of rotatable bonds is 2. The third kappa shape index (κ3) is 2.23. The first-order valence-corrected chi connectivity index (χ1v) is 8.03. The average molecular weight is 302 g/mol. The van der Waals surface area contributed by atoms with E-state index in [9.17, 15) is 17.2 Å². The minimum Gasteiger partial charge on any atom is -0.316 e. The molecule has 0 saturated carbocycles. The van der Waals surface area contributed by atoms with Crippen molar-refractivity contribution >= 4 is 10.0 Å². The molecule has 2 aliphatic rings. The molecule has 20 heavy (non-hydrogen) atoms. The summed E-state index contributed by atoms with van der Waals surface area (Å²) in [6.07, 6.45) is 1.76. The van der Waals surface area contributed by atoms with Crippen molar-refractivity contribution in [1.82, 2.24) is 9.62 Å². The highest BCUT2D eigenvalue weighted by atomic mass is 32.2. The topological polar surface area (TPSA) is 49.4 Å². The maximum atomic E-state index is 13.2. The fourth-order valence-corrected chi connectivity index (χ4v) is 4.60. The van der Waals surface area contributed by atoms with E-state index < -0.39 is 21.7 Å².